The Kier molecular flexibility index (Phi) is 7.49. The molecule has 164 valence electrons. The molecular formula is C23H26N2O5S. The van der Waals surface area contributed by atoms with Gasteiger partial charge in [-0.1, -0.05) is 42.0 Å². The monoisotopic (exact) mass is 442 g/mol. The highest BCUT2D eigenvalue weighted by Crippen LogP contribution is 2.21. The summed E-state index contributed by atoms with van der Waals surface area (Å²) in [7, 11) is -2.46. The third-order valence-electron chi connectivity index (χ3n) is 4.90. The van der Waals surface area contributed by atoms with Gasteiger partial charge in [0.15, 0.2) is 0 Å². The fraction of sp³-hybridized carbons (Fsp3) is 0.261. The molecule has 31 heavy (non-hydrogen) atoms. The molecule has 0 saturated heterocycles. The molecule has 0 amide bonds. The first-order valence-corrected chi connectivity index (χ1v) is 11.3. The quantitative estimate of drug-likeness (QED) is 0.399. The average molecular weight is 443 g/mol. The van der Waals surface area contributed by atoms with Gasteiger partial charge in [-0.2, -0.15) is 4.31 Å². The molecule has 0 radical (unpaired) electrons. The highest BCUT2D eigenvalue weighted by molar-refractivity contribution is 7.89. The second-order valence-electron chi connectivity index (χ2n) is 7.02. The lowest BCUT2D eigenvalue weighted by Gasteiger charge is -2.21. The van der Waals surface area contributed by atoms with Gasteiger partial charge in [-0.15, -0.1) is 0 Å². The maximum absolute atomic E-state index is 13.3. The van der Waals surface area contributed by atoms with E-state index in [0.29, 0.717) is 13.0 Å². The Morgan fingerprint density at radius 1 is 1.10 bits per heavy atom. The summed E-state index contributed by atoms with van der Waals surface area (Å²) in [5, 5.41) is 1.08. The summed E-state index contributed by atoms with van der Waals surface area (Å²) in [4.78, 5) is 14.5. The van der Waals surface area contributed by atoms with Crippen molar-refractivity contribution in [3.8, 4) is 0 Å². The van der Waals surface area contributed by atoms with Crippen molar-refractivity contribution in [2.24, 2.45) is 0 Å². The van der Waals surface area contributed by atoms with Crippen LogP contribution in [0.25, 0.3) is 10.9 Å². The van der Waals surface area contributed by atoms with Crippen LogP contribution in [0.1, 0.15) is 11.1 Å². The third-order valence-corrected chi connectivity index (χ3v) is 6.78. The van der Waals surface area contributed by atoms with Gasteiger partial charge in [-0.05, 0) is 43.2 Å². The molecule has 3 aromatic rings. The minimum Gasteiger partial charge on any atom is -0.438 e. The summed E-state index contributed by atoms with van der Waals surface area (Å²) < 4.78 is 37.2. The number of hydrogen-bond donors (Lipinski definition) is 1. The number of ether oxygens (including phenoxy) is 2. The predicted octanol–water partition coefficient (Wildman–Crippen LogP) is 4.05. The van der Waals surface area contributed by atoms with E-state index in [1.165, 1.54) is 11.4 Å². The molecule has 1 heterocycles. The van der Waals surface area contributed by atoms with E-state index in [1.54, 1.807) is 36.4 Å². The summed E-state index contributed by atoms with van der Waals surface area (Å²) in [5.41, 5.74) is 3.06. The molecule has 0 spiro atoms. The van der Waals surface area contributed by atoms with E-state index >= 15 is 0 Å². The standard InChI is InChI=1S/C23H26N2O5S/c1-18-9-11-20(12-10-18)31(27,28)25(14-5-6-16-30-23(26)29-2)15-13-19-17-24-22-8-4-3-7-21(19)22/h3-12,17,24H,13-16H2,1-2H3/b6-5+. The zero-order valence-corrected chi connectivity index (χ0v) is 18.4. The highest BCUT2D eigenvalue weighted by Gasteiger charge is 2.23. The SMILES string of the molecule is COC(=O)OC/C=C/CN(CCc1c[nH]c2ccccc12)S(=O)(=O)c1ccc(C)cc1. The number of aryl methyl sites for hydroxylation is 1. The van der Waals surface area contributed by atoms with Crippen molar-refractivity contribution in [1.82, 2.24) is 9.29 Å². The van der Waals surface area contributed by atoms with Crippen LogP contribution in [-0.4, -0.2) is 50.7 Å². The summed E-state index contributed by atoms with van der Waals surface area (Å²) in [6.45, 7) is 2.38. The fourth-order valence-corrected chi connectivity index (χ4v) is 4.58. The lowest BCUT2D eigenvalue weighted by Crippen LogP contribution is -2.33. The number of nitrogens with zero attached hydrogens (tertiary/aromatic N) is 1. The van der Waals surface area contributed by atoms with Crippen LogP contribution in [0.15, 0.2) is 71.8 Å². The second kappa shape index (κ2) is 10.3. The Hall–Kier alpha value is -3.10. The van der Waals surface area contributed by atoms with Crippen molar-refractivity contribution in [3.05, 3.63) is 78.0 Å². The van der Waals surface area contributed by atoms with Gasteiger partial charge >= 0.3 is 6.16 Å². The van der Waals surface area contributed by atoms with Crippen LogP contribution >= 0.6 is 0 Å². The van der Waals surface area contributed by atoms with Crippen LogP contribution < -0.4 is 0 Å². The van der Waals surface area contributed by atoms with Crippen molar-refractivity contribution in [2.75, 3.05) is 26.8 Å². The zero-order valence-electron chi connectivity index (χ0n) is 17.6. The molecule has 0 unspecified atom stereocenters. The number of rotatable bonds is 9. The van der Waals surface area contributed by atoms with E-state index < -0.39 is 16.2 Å². The van der Waals surface area contributed by atoms with Gasteiger partial charge in [0, 0.05) is 30.2 Å². The number of fused-ring (bicyclic) bond motifs is 1. The number of nitrogens with one attached hydrogen (secondary N) is 1. The number of aromatic amines is 1. The van der Waals surface area contributed by atoms with E-state index in [0.717, 1.165) is 22.0 Å². The number of H-pyrrole nitrogens is 1. The van der Waals surface area contributed by atoms with Crippen molar-refractivity contribution in [1.29, 1.82) is 0 Å². The molecule has 1 aromatic heterocycles. The van der Waals surface area contributed by atoms with Gasteiger partial charge in [-0.25, -0.2) is 13.2 Å². The van der Waals surface area contributed by atoms with Crippen LogP contribution in [0.4, 0.5) is 4.79 Å². The molecule has 3 rings (SSSR count). The summed E-state index contributed by atoms with van der Waals surface area (Å²) in [5.74, 6) is 0. The topological polar surface area (TPSA) is 88.7 Å². The summed E-state index contributed by atoms with van der Waals surface area (Å²) in [6.07, 6.45) is 4.96. The van der Waals surface area contributed by atoms with Crippen LogP contribution in [0.3, 0.4) is 0 Å². The molecule has 1 N–H and O–H groups in total. The van der Waals surface area contributed by atoms with E-state index in [1.807, 2.05) is 37.4 Å². The Bertz CT molecular complexity index is 1150. The summed E-state index contributed by atoms with van der Waals surface area (Å²) in [6, 6.07) is 14.7. The maximum atomic E-state index is 13.3. The van der Waals surface area contributed by atoms with E-state index in [4.69, 9.17) is 4.74 Å². The van der Waals surface area contributed by atoms with Crippen molar-refractivity contribution < 1.29 is 22.7 Å². The number of aromatic nitrogens is 1. The third kappa shape index (κ3) is 5.74. The van der Waals surface area contributed by atoms with Gasteiger partial charge in [0.25, 0.3) is 0 Å². The Morgan fingerprint density at radius 2 is 1.84 bits per heavy atom. The van der Waals surface area contributed by atoms with Crippen LogP contribution in [-0.2, 0) is 25.9 Å². The fourth-order valence-electron chi connectivity index (χ4n) is 3.19. The van der Waals surface area contributed by atoms with Crippen LogP contribution in [0.2, 0.25) is 0 Å². The molecule has 0 bridgehead atoms. The number of sulfonamides is 1. The Morgan fingerprint density at radius 3 is 2.58 bits per heavy atom. The molecule has 0 aliphatic rings. The second-order valence-corrected chi connectivity index (χ2v) is 8.96. The lowest BCUT2D eigenvalue weighted by atomic mass is 10.1. The molecule has 0 fully saturated rings. The van der Waals surface area contributed by atoms with Crippen molar-refractivity contribution in [3.63, 3.8) is 0 Å². The van der Waals surface area contributed by atoms with Gasteiger partial charge in [0.1, 0.15) is 6.61 Å². The predicted molar refractivity (Wildman–Crippen MR) is 119 cm³/mol. The van der Waals surface area contributed by atoms with Gasteiger partial charge in [-0.3, -0.25) is 0 Å². The normalized spacial score (nSPS) is 12.0. The number of hydrogen-bond acceptors (Lipinski definition) is 5. The van der Waals surface area contributed by atoms with Gasteiger partial charge in [0.05, 0.1) is 12.0 Å². The minimum absolute atomic E-state index is 0.00748. The minimum atomic E-state index is -3.69. The molecule has 7 nitrogen and oxygen atoms in total. The molecule has 0 atom stereocenters. The molecule has 2 aromatic carbocycles. The highest BCUT2D eigenvalue weighted by atomic mass is 32.2. The largest absolute Gasteiger partial charge is 0.508 e. The molecule has 0 aliphatic carbocycles. The Balaban J connectivity index is 1.77. The number of carbonyl (C=O) groups is 1. The molecule has 0 saturated carbocycles. The average Bonchev–Trinajstić information content (AvgIpc) is 3.18. The van der Waals surface area contributed by atoms with Crippen molar-refractivity contribution in [2.45, 2.75) is 18.2 Å². The number of carbonyl (C=O) groups excluding carboxylic acids is 1. The number of para-hydroxylation sites is 1. The first kappa shape index (κ1) is 22.6. The number of benzene rings is 2. The van der Waals surface area contributed by atoms with Gasteiger partial charge in [0.2, 0.25) is 10.0 Å². The smallest absolute Gasteiger partial charge is 0.438 e. The summed E-state index contributed by atoms with van der Waals surface area (Å²) >= 11 is 0. The first-order valence-electron chi connectivity index (χ1n) is 9.89. The maximum Gasteiger partial charge on any atom is 0.508 e. The molecule has 8 heteroatoms. The van der Waals surface area contributed by atoms with Gasteiger partial charge < -0.3 is 14.5 Å². The van der Waals surface area contributed by atoms with E-state index in [-0.39, 0.29) is 18.0 Å². The zero-order chi connectivity index (χ0) is 22.3. The Labute approximate surface area is 182 Å². The molecule has 0 aliphatic heterocycles. The van der Waals surface area contributed by atoms with E-state index in [2.05, 4.69) is 9.72 Å². The lowest BCUT2D eigenvalue weighted by molar-refractivity contribution is 0.0817. The van der Waals surface area contributed by atoms with E-state index in [9.17, 15) is 13.2 Å². The molecular weight excluding hydrogens is 416 g/mol. The van der Waals surface area contributed by atoms with Crippen molar-refractivity contribution >= 4 is 27.1 Å². The van der Waals surface area contributed by atoms with Crippen LogP contribution in [0, 0.1) is 6.92 Å². The first-order chi connectivity index (χ1) is 14.9. The number of methoxy groups -OCH3 is 1. The van der Waals surface area contributed by atoms with Crippen LogP contribution in [0.5, 0.6) is 0 Å².